The minimum absolute atomic E-state index is 0.0399. The maximum absolute atomic E-state index is 12.7. The molecule has 0 atom stereocenters. The van der Waals surface area contributed by atoms with E-state index in [0.717, 1.165) is 45.7 Å². The lowest BCUT2D eigenvalue weighted by molar-refractivity contribution is -0.0289. The molecule has 1 aromatic carbocycles. The molecule has 0 bridgehead atoms. The van der Waals surface area contributed by atoms with E-state index in [-0.39, 0.29) is 5.91 Å². The topological polar surface area (TPSA) is 54.9 Å². The zero-order valence-electron chi connectivity index (χ0n) is 16.3. The summed E-state index contributed by atoms with van der Waals surface area (Å²) in [6.45, 7) is 4.08. The SMILES string of the molecule is COc1ccc(C(=O)N2CC(N(Cc3ccccc3)C3CCOCC3)C2)cn1. The third-order valence-electron chi connectivity index (χ3n) is 5.68. The lowest BCUT2D eigenvalue weighted by Crippen LogP contribution is -2.63. The van der Waals surface area contributed by atoms with E-state index in [9.17, 15) is 4.79 Å². The summed E-state index contributed by atoms with van der Waals surface area (Å²) in [6.07, 6.45) is 3.70. The highest BCUT2D eigenvalue weighted by Crippen LogP contribution is 2.26. The van der Waals surface area contributed by atoms with Gasteiger partial charge in [-0.1, -0.05) is 30.3 Å². The molecule has 0 saturated carbocycles. The number of hydrogen-bond donors (Lipinski definition) is 0. The fourth-order valence-electron chi connectivity index (χ4n) is 4.01. The van der Waals surface area contributed by atoms with Crippen LogP contribution in [-0.2, 0) is 11.3 Å². The Morgan fingerprint density at radius 3 is 2.54 bits per heavy atom. The van der Waals surface area contributed by atoms with Crippen LogP contribution in [0.2, 0.25) is 0 Å². The number of aromatic nitrogens is 1. The van der Waals surface area contributed by atoms with Crippen molar-refractivity contribution in [3.63, 3.8) is 0 Å². The highest BCUT2D eigenvalue weighted by atomic mass is 16.5. The zero-order valence-corrected chi connectivity index (χ0v) is 16.3. The first-order valence-corrected chi connectivity index (χ1v) is 9.91. The van der Waals surface area contributed by atoms with Crippen LogP contribution in [0.5, 0.6) is 5.88 Å². The molecule has 6 heteroatoms. The molecule has 2 aromatic rings. The lowest BCUT2D eigenvalue weighted by atomic mass is 9.98. The highest BCUT2D eigenvalue weighted by Gasteiger charge is 2.38. The van der Waals surface area contributed by atoms with Gasteiger partial charge in [0.1, 0.15) is 0 Å². The highest BCUT2D eigenvalue weighted by molar-refractivity contribution is 5.94. The number of carbonyl (C=O) groups is 1. The standard InChI is InChI=1S/C22H27N3O3/c1-27-21-8-7-18(13-23-21)22(26)24-15-20(16-24)25(19-9-11-28-12-10-19)14-17-5-3-2-4-6-17/h2-8,13,19-20H,9-12,14-16H2,1H3. The van der Waals surface area contributed by atoms with Crippen LogP contribution in [-0.4, -0.2) is 66.2 Å². The number of hydrogen-bond acceptors (Lipinski definition) is 5. The Hall–Kier alpha value is -2.44. The molecule has 2 saturated heterocycles. The van der Waals surface area contributed by atoms with Gasteiger partial charge in [-0.2, -0.15) is 0 Å². The molecule has 1 aromatic heterocycles. The second-order valence-electron chi connectivity index (χ2n) is 7.45. The molecule has 28 heavy (non-hydrogen) atoms. The molecule has 0 N–H and O–H groups in total. The van der Waals surface area contributed by atoms with Gasteiger partial charge in [-0.05, 0) is 24.5 Å². The van der Waals surface area contributed by atoms with Crippen molar-refractivity contribution in [1.29, 1.82) is 0 Å². The number of carbonyl (C=O) groups excluding carboxylic acids is 1. The molecular formula is C22H27N3O3. The summed E-state index contributed by atoms with van der Waals surface area (Å²) in [4.78, 5) is 21.4. The molecule has 0 aliphatic carbocycles. The third-order valence-corrected chi connectivity index (χ3v) is 5.68. The molecule has 2 aliphatic rings. The summed E-state index contributed by atoms with van der Waals surface area (Å²) in [5, 5.41) is 0. The van der Waals surface area contributed by atoms with Crippen molar-refractivity contribution in [2.75, 3.05) is 33.4 Å². The molecule has 1 amide bonds. The van der Waals surface area contributed by atoms with Crippen LogP contribution in [0.25, 0.3) is 0 Å². The van der Waals surface area contributed by atoms with E-state index in [0.29, 0.717) is 23.5 Å². The minimum Gasteiger partial charge on any atom is -0.481 e. The molecular weight excluding hydrogens is 354 g/mol. The van der Waals surface area contributed by atoms with E-state index < -0.39 is 0 Å². The van der Waals surface area contributed by atoms with Crippen molar-refractivity contribution in [2.45, 2.75) is 31.5 Å². The van der Waals surface area contributed by atoms with Gasteiger partial charge in [0.05, 0.1) is 12.7 Å². The summed E-state index contributed by atoms with van der Waals surface area (Å²) in [6, 6.07) is 15.0. The van der Waals surface area contributed by atoms with Gasteiger partial charge < -0.3 is 14.4 Å². The Morgan fingerprint density at radius 1 is 1.14 bits per heavy atom. The first-order valence-electron chi connectivity index (χ1n) is 9.91. The Bertz CT molecular complexity index is 769. The van der Waals surface area contributed by atoms with Gasteiger partial charge in [0.15, 0.2) is 0 Å². The van der Waals surface area contributed by atoms with Gasteiger partial charge >= 0.3 is 0 Å². The molecule has 2 fully saturated rings. The summed E-state index contributed by atoms with van der Waals surface area (Å²) in [5.74, 6) is 0.560. The fraction of sp³-hybridized carbons (Fsp3) is 0.455. The maximum Gasteiger partial charge on any atom is 0.255 e. The van der Waals surface area contributed by atoms with Crippen molar-refractivity contribution in [3.8, 4) is 5.88 Å². The van der Waals surface area contributed by atoms with Crippen molar-refractivity contribution >= 4 is 5.91 Å². The molecule has 0 spiro atoms. The van der Waals surface area contributed by atoms with Crippen LogP contribution in [0.3, 0.4) is 0 Å². The van der Waals surface area contributed by atoms with E-state index >= 15 is 0 Å². The lowest BCUT2D eigenvalue weighted by Gasteiger charge is -2.49. The number of likely N-dealkylation sites (tertiary alicyclic amines) is 1. The average molecular weight is 381 g/mol. The quantitative estimate of drug-likeness (QED) is 0.770. The van der Waals surface area contributed by atoms with Crippen molar-refractivity contribution in [2.24, 2.45) is 0 Å². The Morgan fingerprint density at radius 2 is 1.89 bits per heavy atom. The maximum atomic E-state index is 12.7. The zero-order chi connectivity index (χ0) is 19.3. The van der Waals surface area contributed by atoms with Crippen LogP contribution >= 0.6 is 0 Å². The van der Waals surface area contributed by atoms with E-state index in [4.69, 9.17) is 9.47 Å². The average Bonchev–Trinajstić information content (AvgIpc) is 2.73. The summed E-state index contributed by atoms with van der Waals surface area (Å²) in [5.41, 5.74) is 1.93. The summed E-state index contributed by atoms with van der Waals surface area (Å²) < 4.78 is 10.6. The first-order chi connectivity index (χ1) is 13.7. The van der Waals surface area contributed by atoms with Crippen LogP contribution < -0.4 is 4.74 Å². The molecule has 0 radical (unpaired) electrons. The van der Waals surface area contributed by atoms with Crippen molar-refractivity contribution in [3.05, 3.63) is 59.8 Å². The van der Waals surface area contributed by atoms with Gasteiger partial charge in [-0.15, -0.1) is 0 Å². The minimum atomic E-state index is 0.0399. The molecule has 148 valence electrons. The molecule has 6 nitrogen and oxygen atoms in total. The van der Waals surface area contributed by atoms with Crippen LogP contribution in [0.15, 0.2) is 48.7 Å². The van der Waals surface area contributed by atoms with Gasteiger partial charge in [-0.25, -0.2) is 4.98 Å². The number of pyridine rings is 1. The number of methoxy groups -OCH3 is 1. The van der Waals surface area contributed by atoms with Gasteiger partial charge in [0.25, 0.3) is 5.91 Å². The largest absolute Gasteiger partial charge is 0.481 e. The number of nitrogens with zero attached hydrogens (tertiary/aromatic N) is 3. The van der Waals surface area contributed by atoms with Crippen molar-refractivity contribution in [1.82, 2.24) is 14.8 Å². The Balaban J connectivity index is 1.41. The third kappa shape index (κ3) is 4.18. The Labute approximate surface area is 166 Å². The van der Waals surface area contributed by atoms with Gasteiger partial charge in [0.2, 0.25) is 5.88 Å². The first kappa shape index (κ1) is 18.9. The summed E-state index contributed by atoms with van der Waals surface area (Å²) >= 11 is 0. The molecule has 3 heterocycles. The molecule has 0 unspecified atom stereocenters. The van der Waals surface area contributed by atoms with Gasteiger partial charge in [0, 0.05) is 57.2 Å². The van der Waals surface area contributed by atoms with E-state index in [1.807, 2.05) is 4.90 Å². The second-order valence-corrected chi connectivity index (χ2v) is 7.45. The van der Waals surface area contributed by atoms with E-state index in [1.54, 1.807) is 25.4 Å². The summed E-state index contributed by atoms with van der Waals surface area (Å²) in [7, 11) is 1.57. The number of benzene rings is 1. The van der Waals surface area contributed by atoms with E-state index in [2.05, 4.69) is 40.2 Å². The van der Waals surface area contributed by atoms with Gasteiger partial charge in [-0.3, -0.25) is 9.69 Å². The number of ether oxygens (including phenoxy) is 2. The smallest absolute Gasteiger partial charge is 0.255 e. The second kappa shape index (κ2) is 8.71. The van der Waals surface area contributed by atoms with Crippen LogP contribution in [0, 0.1) is 0 Å². The monoisotopic (exact) mass is 381 g/mol. The predicted octanol–water partition coefficient (Wildman–Crippen LogP) is 2.60. The predicted molar refractivity (Wildman–Crippen MR) is 106 cm³/mol. The Kier molecular flexibility index (Phi) is 5.88. The normalized spacial score (nSPS) is 18.1. The van der Waals surface area contributed by atoms with Crippen LogP contribution in [0.4, 0.5) is 0 Å². The van der Waals surface area contributed by atoms with Crippen LogP contribution in [0.1, 0.15) is 28.8 Å². The number of amides is 1. The fourth-order valence-corrected chi connectivity index (χ4v) is 4.01. The van der Waals surface area contributed by atoms with Crippen molar-refractivity contribution < 1.29 is 14.3 Å². The molecule has 2 aliphatic heterocycles. The van der Waals surface area contributed by atoms with E-state index in [1.165, 1.54) is 5.56 Å². The molecule has 4 rings (SSSR count). The number of rotatable bonds is 6.